The van der Waals surface area contributed by atoms with E-state index in [-0.39, 0.29) is 23.3 Å². The maximum atomic E-state index is 12.5. The normalized spacial score (nSPS) is 21.5. The quantitative estimate of drug-likeness (QED) is 0.752. The molecule has 2 N–H and O–H groups in total. The summed E-state index contributed by atoms with van der Waals surface area (Å²) in [6.45, 7) is 6.72. The van der Waals surface area contributed by atoms with Crippen molar-refractivity contribution in [3.8, 4) is 0 Å². The van der Waals surface area contributed by atoms with Crippen molar-refractivity contribution in [2.45, 2.75) is 46.1 Å². The molecule has 144 valence electrons. The third-order valence-corrected chi connectivity index (χ3v) is 5.80. The molecule has 3 rings (SSSR count). The van der Waals surface area contributed by atoms with Gasteiger partial charge in [0.2, 0.25) is 0 Å². The van der Waals surface area contributed by atoms with E-state index in [2.05, 4.69) is 36.4 Å². The Labute approximate surface area is 168 Å². The van der Waals surface area contributed by atoms with Gasteiger partial charge in [0.15, 0.2) is 5.13 Å². The van der Waals surface area contributed by atoms with Gasteiger partial charge in [-0.25, -0.2) is 4.98 Å². The molecule has 1 aliphatic carbocycles. The molecule has 1 aromatic carbocycles. The minimum Gasteiger partial charge on any atom is -0.348 e. The van der Waals surface area contributed by atoms with Crippen molar-refractivity contribution >= 4 is 39.9 Å². The molecule has 0 aliphatic heterocycles. The second-order valence-electron chi connectivity index (χ2n) is 8.08. The molecule has 0 saturated heterocycles. The van der Waals surface area contributed by atoms with E-state index < -0.39 is 0 Å². The fourth-order valence-corrected chi connectivity index (χ4v) is 4.73. The minimum atomic E-state index is -0.282. The molecule has 1 fully saturated rings. The Morgan fingerprint density at radius 3 is 2.56 bits per heavy atom. The molecule has 2 unspecified atom stereocenters. The highest BCUT2D eigenvalue weighted by Crippen LogP contribution is 2.38. The van der Waals surface area contributed by atoms with E-state index in [1.165, 1.54) is 17.8 Å². The van der Waals surface area contributed by atoms with Gasteiger partial charge in [0.1, 0.15) is 5.69 Å². The number of thiazole rings is 1. The molecule has 2 aromatic rings. The van der Waals surface area contributed by atoms with Crippen LogP contribution in [0.25, 0.3) is 0 Å². The summed E-state index contributed by atoms with van der Waals surface area (Å²) in [4.78, 5) is 29.0. The number of halogens is 1. The fraction of sp³-hybridized carbons (Fsp3) is 0.450. The van der Waals surface area contributed by atoms with Crippen molar-refractivity contribution in [3.63, 3.8) is 0 Å². The van der Waals surface area contributed by atoms with Crippen LogP contribution in [0.4, 0.5) is 5.13 Å². The van der Waals surface area contributed by atoms with E-state index in [9.17, 15) is 9.59 Å². The molecule has 1 saturated carbocycles. The van der Waals surface area contributed by atoms with Crippen molar-refractivity contribution in [2.24, 2.45) is 11.3 Å². The summed E-state index contributed by atoms with van der Waals surface area (Å²) in [5.41, 5.74) is 1.05. The van der Waals surface area contributed by atoms with Crippen LogP contribution in [0, 0.1) is 11.3 Å². The lowest BCUT2D eigenvalue weighted by atomic mass is 9.70. The molecular weight excluding hydrogens is 382 g/mol. The van der Waals surface area contributed by atoms with Crippen molar-refractivity contribution < 1.29 is 9.59 Å². The first kappa shape index (κ1) is 19.8. The number of amides is 2. The minimum absolute atomic E-state index is 0.157. The van der Waals surface area contributed by atoms with Crippen LogP contribution in [0.1, 0.15) is 60.9 Å². The maximum absolute atomic E-state index is 12.5. The number of anilines is 1. The van der Waals surface area contributed by atoms with Crippen molar-refractivity contribution in [1.82, 2.24) is 10.3 Å². The molecule has 1 aliphatic rings. The Hall–Kier alpha value is -1.92. The second kappa shape index (κ2) is 7.98. The summed E-state index contributed by atoms with van der Waals surface area (Å²) in [7, 11) is 0. The van der Waals surface area contributed by atoms with Gasteiger partial charge < -0.3 is 5.32 Å². The lowest BCUT2D eigenvalue weighted by Crippen LogP contribution is -2.43. The highest BCUT2D eigenvalue weighted by atomic mass is 35.5. The summed E-state index contributed by atoms with van der Waals surface area (Å²) in [5.74, 6) is 0.118. The molecule has 5 nitrogen and oxygen atoms in total. The van der Waals surface area contributed by atoms with Gasteiger partial charge in [0.25, 0.3) is 11.8 Å². The number of nitrogens with zero attached hydrogens (tertiary/aromatic N) is 1. The summed E-state index contributed by atoms with van der Waals surface area (Å²) in [6, 6.07) is 6.76. The lowest BCUT2D eigenvalue weighted by Gasteiger charge is -2.39. The Bertz CT molecular complexity index is 832. The molecule has 2 amide bonds. The SMILES string of the molecule is CC1CC(NC(=O)c2csc(NC(=O)c3ccc(Cl)cc3)n2)CC(C)(C)C1. The zero-order valence-corrected chi connectivity index (χ0v) is 17.3. The molecule has 0 radical (unpaired) electrons. The van der Waals surface area contributed by atoms with Crippen LogP contribution in [-0.2, 0) is 0 Å². The summed E-state index contributed by atoms with van der Waals surface area (Å²) >= 11 is 7.07. The van der Waals surface area contributed by atoms with E-state index in [0.29, 0.717) is 27.3 Å². The van der Waals surface area contributed by atoms with Crippen LogP contribution in [0.3, 0.4) is 0 Å². The van der Waals surface area contributed by atoms with E-state index in [1.807, 2.05) is 0 Å². The van der Waals surface area contributed by atoms with Gasteiger partial charge in [0.05, 0.1) is 0 Å². The Morgan fingerprint density at radius 2 is 1.89 bits per heavy atom. The van der Waals surface area contributed by atoms with Gasteiger partial charge in [-0.3, -0.25) is 14.9 Å². The van der Waals surface area contributed by atoms with Gasteiger partial charge in [-0.2, -0.15) is 0 Å². The Morgan fingerprint density at radius 1 is 1.19 bits per heavy atom. The monoisotopic (exact) mass is 405 g/mol. The van der Waals surface area contributed by atoms with Crippen LogP contribution < -0.4 is 10.6 Å². The zero-order valence-electron chi connectivity index (χ0n) is 15.7. The van der Waals surface area contributed by atoms with Crippen molar-refractivity contribution in [1.29, 1.82) is 0 Å². The van der Waals surface area contributed by atoms with Crippen LogP contribution in [0.5, 0.6) is 0 Å². The van der Waals surface area contributed by atoms with Gasteiger partial charge in [-0.1, -0.05) is 32.4 Å². The summed E-state index contributed by atoms with van der Waals surface area (Å²) in [6.07, 6.45) is 3.13. The first-order valence-corrected chi connectivity index (χ1v) is 10.3. The van der Waals surface area contributed by atoms with Crippen LogP contribution in [0.2, 0.25) is 5.02 Å². The molecule has 0 bridgehead atoms. The first-order valence-electron chi connectivity index (χ1n) is 9.05. The van der Waals surface area contributed by atoms with Crippen LogP contribution in [-0.4, -0.2) is 22.8 Å². The van der Waals surface area contributed by atoms with Gasteiger partial charge in [0, 0.05) is 22.0 Å². The molecule has 1 aromatic heterocycles. The van der Waals surface area contributed by atoms with Crippen LogP contribution in [0.15, 0.2) is 29.6 Å². The average Bonchev–Trinajstić information content (AvgIpc) is 3.02. The first-order chi connectivity index (χ1) is 12.7. The Kier molecular flexibility index (Phi) is 5.86. The molecule has 27 heavy (non-hydrogen) atoms. The number of nitrogens with one attached hydrogen (secondary N) is 2. The summed E-state index contributed by atoms with van der Waals surface area (Å²) in [5, 5.41) is 8.47. The van der Waals surface area contributed by atoms with Gasteiger partial charge >= 0.3 is 0 Å². The number of aromatic nitrogens is 1. The fourth-order valence-electron chi connectivity index (χ4n) is 3.92. The van der Waals surface area contributed by atoms with Crippen LogP contribution >= 0.6 is 22.9 Å². The number of carbonyl (C=O) groups is 2. The molecule has 0 spiro atoms. The predicted octanol–water partition coefficient (Wildman–Crippen LogP) is 4.99. The number of hydrogen-bond donors (Lipinski definition) is 2. The third-order valence-electron chi connectivity index (χ3n) is 4.79. The van der Waals surface area contributed by atoms with Crippen molar-refractivity contribution in [3.05, 3.63) is 45.9 Å². The van der Waals surface area contributed by atoms with E-state index >= 15 is 0 Å². The van der Waals surface area contributed by atoms with Crippen molar-refractivity contribution in [2.75, 3.05) is 5.32 Å². The number of rotatable bonds is 4. The lowest BCUT2D eigenvalue weighted by molar-refractivity contribution is 0.0869. The van der Waals surface area contributed by atoms with Gasteiger partial charge in [-0.15, -0.1) is 11.3 Å². The smallest absolute Gasteiger partial charge is 0.271 e. The predicted molar refractivity (Wildman–Crippen MR) is 110 cm³/mol. The number of carbonyl (C=O) groups excluding carboxylic acids is 2. The van der Waals surface area contributed by atoms with E-state index in [4.69, 9.17) is 11.6 Å². The standard InChI is InChI=1S/C20H24ClN3O2S/c1-12-8-15(10-20(2,3)9-12)22-18(26)16-11-27-19(23-16)24-17(25)13-4-6-14(21)7-5-13/h4-7,11-12,15H,8-10H2,1-3H3,(H,22,26)(H,23,24,25). The highest BCUT2D eigenvalue weighted by molar-refractivity contribution is 7.14. The molecular formula is C20H24ClN3O2S. The highest BCUT2D eigenvalue weighted by Gasteiger charge is 2.33. The second-order valence-corrected chi connectivity index (χ2v) is 9.38. The molecule has 7 heteroatoms. The third kappa shape index (κ3) is 5.30. The topological polar surface area (TPSA) is 71.1 Å². The molecule has 1 heterocycles. The van der Waals surface area contributed by atoms with E-state index in [0.717, 1.165) is 12.8 Å². The van der Waals surface area contributed by atoms with Gasteiger partial charge in [-0.05, 0) is 54.9 Å². The zero-order chi connectivity index (χ0) is 19.6. The van der Waals surface area contributed by atoms with E-state index in [1.54, 1.807) is 29.6 Å². The number of benzene rings is 1. The largest absolute Gasteiger partial charge is 0.348 e. The molecule has 2 atom stereocenters. The summed E-state index contributed by atoms with van der Waals surface area (Å²) < 4.78 is 0. The number of hydrogen-bond acceptors (Lipinski definition) is 4. The maximum Gasteiger partial charge on any atom is 0.271 e. The average molecular weight is 406 g/mol. The Balaban J connectivity index is 1.60.